The first-order valence-electron chi connectivity index (χ1n) is 9.40. The molecule has 0 amide bonds. The number of carbonyl (C=O) groups is 1. The number of nitrogens with one attached hydrogen (secondary N) is 1. The third-order valence-corrected chi connectivity index (χ3v) is 4.48. The van der Waals surface area contributed by atoms with Crippen molar-refractivity contribution in [3.05, 3.63) is 52.9 Å². The van der Waals surface area contributed by atoms with Gasteiger partial charge in [-0.2, -0.15) is 10.2 Å². The molecule has 1 aromatic carbocycles. The van der Waals surface area contributed by atoms with Gasteiger partial charge in [0, 0.05) is 13.0 Å². The summed E-state index contributed by atoms with van der Waals surface area (Å²) < 4.78 is 17.0. The summed E-state index contributed by atoms with van der Waals surface area (Å²) in [6.45, 7) is 0.717. The highest BCUT2D eigenvalue weighted by atomic mass is 35.5. The number of carboxylic acids is 1. The Hall–Kier alpha value is -3.44. The lowest BCUT2D eigenvalue weighted by Crippen LogP contribution is -2.02. The molecule has 2 N–H and O–H groups in total. The van der Waals surface area contributed by atoms with Gasteiger partial charge in [0.1, 0.15) is 24.2 Å². The summed E-state index contributed by atoms with van der Waals surface area (Å²) in [5.74, 6) is 1.12. The van der Waals surface area contributed by atoms with Crippen LogP contribution in [0.15, 0.2) is 45.2 Å². The molecule has 0 fully saturated rings. The largest absolute Gasteiger partial charge is 0.484 e. The number of nitrogens with zero attached hydrogens (tertiary/aromatic N) is 2. The van der Waals surface area contributed by atoms with Gasteiger partial charge < -0.3 is 24.0 Å². The standard InChI is InChI=1S/C21H20ClN3O5/c22-15-6-3-4-7-17(15)28-13-14-9-10-18(29-14)21-25-16(12-23)20(30-21)24-11-5-1-2-8-19(26)27/h3-4,6-7,9-10,24H,1-2,5,8,11,13H2,(H,26,27). The molecule has 3 aromatic rings. The van der Waals surface area contributed by atoms with E-state index in [0.29, 0.717) is 35.3 Å². The molecule has 0 spiro atoms. The van der Waals surface area contributed by atoms with E-state index in [1.165, 1.54) is 0 Å². The zero-order valence-electron chi connectivity index (χ0n) is 16.1. The fourth-order valence-corrected chi connectivity index (χ4v) is 2.87. The number of hydrogen-bond acceptors (Lipinski definition) is 7. The lowest BCUT2D eigenvalue weighted by molar-refractivity contribution is -0.137. The van der Waals surface area contributed by atoms with Gasteiger partial charge in [0.05, 0.1) is 5.02 Å². The molecule has 30 heavy (non-hydrogen) atoms. The third-order valence-electron chi connectivity index (χ3n) is 4.17. The monoisotopic (exact) mass is 429 g/mol. The number of unbranched alkanes of at least 4 members (excludes halogenated alkanes) is 2. The Balaban J connectivity index is 1.57. The van der Waals surface area contributed by atoms with Crippen LogP contribution >= 0.6 is 11.6 Å². The summed E-state index contributed by atoms with van der Waals surface area (Å²) in [6, 6.07) is 12.6. The van der Waals surface area contributed by atoms with Gasteiger partial charge in [-0.25, -0.2) is 0 Å². The number of halogens is 1. The second-order valence-electron chi connectivity index (χ2n) is 6.42. The van der Waals surface area contributed by atoms with Gasteiger partial charge in [0.15, 0.2) is 5.76 Å². The Morgan fingerprint density at radius 2 is 2.03 bits per heavy atom. The molecular weight excluding hydrogens is 410 g/mol. The van der Waals surface area contributed by atoms with E-state index < -0.39 is 5.97 Å². The van der Waals surface area contributed by atoms with Gasteiger partial charge in [0.25, 0.3) is 5.89 Å². The summed E-state index contributed by atoms with van der Waals surface area (Å²) in [6.07, 6.45) is 2.26. The van der Waals surface area contributed by atoms with Gasteiger partial charge in [0.2, 0.25) is 11.6 Å². The van der Waals surface area contributed by atoms with Crippen molar-refractivity contribution < 1.29 is 23.5 Å². The zero-order valence-corrected chi connectivity index (χ0v) is 16.8. The van der Waals surface area contributed by atoms with E-state index in [9.17, 15) is 10.1 Å². The van der Waals surface area contributed by atoms with Crippen molar-refractivity contribution in [1.29, 1.82) is 5.26 Å². The van der Waals surface area contributed by atoms with Gasteiger partial charge in [-0.05, 0) is 37.1 Å². The van der Waals surface area contributed by atoms with Crippen LogP contribution < -0.4 is 10.1 Å². The molecule has 0 saturated heterocycles. The molecule has 0 unspecified atom stereocenters. The minimum absolute atomic E-state index is 0.126. The summed E-state index contributed by atoms with van der Waals surface area (Å²) in [4.78, 5) is 14.7. The molecule has 0 aliphatic carbocycles. The molecule has 0 radical (unpaired) electrons. The highest BCUT2D eigenvalue weighted by Crippen LogP contribution is 2.28. The Bertz CT molecular complexity index is 1040. The number of anilines is 1. The van der Waals surface area contributed by atoms with Gasteiger partial charge in [-0.3, -0.25) is 4.79 Å². The van der Waals surface area contributed by atoms with E-state index in [1.807, 2.05) is 18.2 Å². The fraction of sp³-hybridized carbons (Fsp3) is 0.286. The summed E-state index contributed by atoms with van der Waals surface area (Å²) >= 11 is 6.07. The Morgan fingerprint density at radius 1 is 1.20 bits per heavy atom. The first-order valence-corrected chi connectivity index (χ1v) is 9.77. The molecule has 0 saturated carbocycles. The quantitative estimate of drug-likeness (QED) is 0.404. The predicted molar refractivity (Wildman–Crippen MR) is 109 cm³/mol. The zero-order chi connectivity index (χ0) is 21.3. The Kier molecular flexibility index (Phi) is 7.35. The highest BCUT2D eigenvalue weighted by molar-refractivity contribution is 6.32. The minimum atomic E-state index is -0.801. The van der Waals surface area contributed by atoms with Crippen molar-refractivity contribution in [2.45, 2.75) is 32.3 Å². The molecule has 8 nitrogen and oxygen atoms in total. The first-order chi connectivity index (χ1) is 14.6. The maximum atomic E-state index is 10.5. The van der Waals surface area contributed by atoms with Crippen LogP contribution in [0.5, 0.6) is 5.75 Å². The molecule has 3 rings (SSSR count). The molecule has 0 bridgehead atoms. The lowest BCUT2D eigenvalue weighted by Gasteiger charge is -2.05. The van der Waals surface area contributed by atoms with Crippen molar-refractivity contribution in [2.75, 3.05) is 11.9 Å². The maximum Gasteiger partial charge on any atom is 0.303 e. The van der Waals surface area contributed by atoms with Crippen molar-refractivity contribution in [3.8, 4) is 23.5 Å². The van der Waals surface area contributed by atoms with E-state index in [1.54, 1.807) is 24.3 Å². The Labute approximate surface area is 178 Å². The van der Waals surface area contributed by atoms with E-state index in [-0.39, 0.29) is 30.5 Å². The second-order valence-corrected chi connectivity index (χ2v) is 6.83. The van der Waals surface area contributed by atoms with Crippen molar-refractivity contribution >= 4 is 23.5 Å². The van der Waals surface area contributed by atoms with Crippen LogP contribution in [-0.2, 0) is 11.4 Å². The van der Waals surface area contributed by atoms with Crippen LogP contribution in [0.3, 0.4) is 0 Å². The van der Waals surface area contributed by atoms with Crippen LogP contribution in [0, 0.1) is 11.3 Å². The van der Waals surface area contributed by atoms with E-state index in [0.717, 1.165) is 12.8 Å². The summed E-state index contributed by atoms with van der Waals surface area (Å²) in [5.41, 5.74) is 0.126. The van der Waals surface area contributed by atoms with E-state index >= 15 is 0 Å². The summed E-state index contributed by atoms with van der Waals surface area (Å²) in [5, 5.41) is 21.4. The first kappa shape index (κ1) is 21.3. The number of aromatic nitrogens is 1. The third kappa shape index (κ3) is 5.78. The fourth-order valence-electron chi connectivity index (χ4n) is 2.68. The smallest absolute Gasteiger partial charge is 0.303 e. The number of ether oxygens (including phenoxy) is 1. The Morgan fingerprint density at radius 3 is 2.80 bits per heavy atom. The topological polar surface area (TPSA) is 122 Å². The summed E-state index contributed by atoms with van der Waals surface area (Å²) in [7, 11) is 0. The average molecular weight is 430 g/mol. The molecule has 0 aliphatic heterocycles. The predicted octanol–water partition coefficient (Wildman–Crippen LogP) is 5.10. The SMILES string of the molecule is N#Cc1nc(-c2ccc(COc3ccccc3Cl)o2)oc1NCCCCCC(=O)O. The van der Waals surface area contributed by atoms with Crippen LogP contribution in [0.4, 0.5) is 5.88 Å². The van der Waals surface area contributed by atoms with Crippen molar-refractivity contribution in [1.82, 2.24) is 4.98 Å². The van der Waals surface area contributed by atoms with Crippen molar-refractivity contribution in [2.24, 2.45) is 0 Å². The molecule has 156 valence electrons. The van der Waals surface area contributed by atoms with Crippen LogP contribution in [-0.4, -0.2) is 22.6 Å². The van der Waals surface area contributed by atoms with Crippen LogP contribution in [0.25, 0.3) is 11.7 Å². The molecule has 9 heteroatoms. The minimum Gasteiger partial charge on any atom is -0.484 e. The molecule has 0 atom stereocenters. The number of para-hydroxylation sites is 1. The van der Waals surface area contributed by atoms with Gasteiger partial charge >= 0.3 is 5.97 Å². The molecule has 0 aliphatic rings. The number of carboxylic acid groups (broad SMARTS) is 1. The number of rotatable bonds is 11. The molecular formula is C21H20ClN3O5. The van der Waals surface area contributed by atoms with Crippen LogP contribution in [0.1, 0.15) is 37.1 Å². The maximum absolute atomic E-state index is 10.5. The lowest BCUT2D eigenvalue weighted by atomic mass is 10.2. The number of nitriles is 1. The number of aliphatic carboxylic acids is 1. The number of benzene rings is 1. The molecule has 2 aromatic heterocycles. The van der Waals surface area contributed by atoms with E-state index in [4.69, 9.17) is 30.3 Å². The highest BCUT2D eigenvalue weighted by Gasteiger charge is 2.17. The number of hydrogen-bond donors (Lipinski definition) is 2. The number of oxazole rings is 1. The average Bonchev–Trinajstić information content (AvgIpc) is 3.36. The normalized spacial score (nSPS) is 10.5. The van der Waals surface area contributed by atoms with Crippen LogP contribution in [0.2, 0.25) is 5.02 Å². The van der Waals surface area contributed by atoms with E-state index in [2.05, 4.69) is 10.3 Å². The molecule has 2 heterocycles. The van der Waals surface area contributed by atoms with Gasteiger partial charge in [-0.15, -0.1) is 0 Å². The van der Waals surface area contributed by atoms with Gasteiger partial charge in [-0.1, -0.05) is 30.2 Å². The van der Waals surface area contributed by atoms with Crippen molar-refractivity contribution in [3.63, 3.8) is 0 Å². The second kappa shape index (κ2) is 10.4. The number of furan rings is 1.